The van der Waals surface area contributed by atoms with Gasteiger partial charge < -0.3 is 25.1 Å². The molecule has 3 N–H and O–H groups in total. The number of ether oxygens (including phenoxy) is 2. The van der Waals surface area contributed by atoms with Crippen LogP contribution in [0.5, 0.6) is 5.75 Å². The van der Waals surface area contributed by atoms with Gasteiger partial charge in [0.25, 0.3) is 0 Å². The molecule has 8 heteroatoms. The van der Waals surface area contributed by atoms with Crippen LogP contribution in [0, 0.1) is 11.3 Å². The number of aromatic nitrogens is 1. The van der Waals surface area contributed by atoms with Crippen LogP contribution >= 0.6 is 0 Å². The lowest BCUT2D eigenvalue weighted by Crippen LogP contribution is -2.13. The highest BCUT2D eigenvalue weighted by Crippen LogP contribution is 2.31. The summed E-state index contributed by atoms with van der Waals surface area (Å²) in [5, 5.41) is 12.0. The van der Waals surface area contributed by atoms with Crippen LogP contribution in [0.15, 0.2) is 24.4 Å². The Bertz CT molecular complexity index is 896. The highest BCUT2D eigenvalue weighted by Gasteiger charge is 2.22. The van der Waals surface area contributed by atoms with E-state index < -0.39 is 5.97 Å². The Labute approximate surface area is 157 Å². The fourth-order valence-electron chi connectivity index (χ4n) is 2.60. The van der Waals surface area contributed by atoms with Gasteiger partial charge in [-0.15, -0.1) is 0 Å². The minimum Gasteiger partial charge on any atom is -0.494 e. The number of hydrogen-bond acceptors (Lipinski definition) is 6. The summed E-state index contributed by atoms with van der Waals surface area (Å²) < 4.78 is 11.6. The van der Waals surface area contributed by atoms with Crippen molar-refractivity contribution in [2.75, 3.05) is 25.3 Å². The van der Waals surface area contributed by atoms with Crippen LogP contribution in [0.4, 0.5) is 11.4 Å². The molecule has 0 unspecified atom stereocenters. The van der Waals surface area contributed by atoms with Crippen LogP contribution in [0.25, 0.3) is 5.69 Å². The normalized spacial score (nSPS) is 10.1. The maximum Gasteiger partial charge on any atom is 0.357 e. The number of amides is 1. The first-order valence-electron chi connectivity index (χ1n) is 8.44. The molecule has 0 aliphatic rings. The number of hydrogen-bond donors (Lipinski definition) is 2. The number of carbonyl (C=O) groups excluding carboxylic acids is 2. The standard InChI is InChI=1S/C19H22N4O4/c1-4-5-6-16(24)22-14-8-7-13(9-15(14)26-2)23-11-12(10-20)17(21)18(23)19(25)27-3/h7-9,11H,4-6,21H2,1-3H3,(H,22,24). The Kier molecular flexibility index (Phi) is 6.44. The van der Waals surface area contributed by atoms with E-state index in [2.05, 4.69) is 5.32 Å². The van der Waals surface area contributed by atoms with E-state index in [9.17, 15) is 14.9 Å². The van der Waals surface area contributed by atoms with E-state index in [-0.39, 0.29) is 22.9 Å². The van der Waals surface area contributed by atoms with Crippen LogP contribution in [-0.4, -0.2) is 30.7 Å². The zero-order valence-electron chi connectivity index (χ0n) is 15.5. The predicted octanol–water partition coefficient (Wildman–Crippen LogP) is 2.86. The van der Waals surface area contributed by atoms with Crippen molar-refractivity contribution in [1.82, 2.24) is 4.57 Å². The van der Waals surface area contributed by atoms with E-state index in [0.717, 1.165) is 12.8 Å². The van der Waals surface area contributed by atoms with Crippen molar-refractivity contribution >= 4 is 23.3 Å². The van der Waals surface area contributed by atoms with Crippen LogP contribution < -0.4 is 15.8 Å². The molecule has 0 aliphatic carbocycles. The number of nitrogen functional groups attached to an aromatic ring is 1. The molecule has 1 aromatic heterocycles. The molecule has 0 saturated carbocycles. The molecule has 8 nitrogen and oxygen atoms in total. The minimum atomic E-state index is -0.662. The lowest BCUT2D eigenvalue weighted by atomic mass is 10.2. The van der Waals surface area contributed by atoms with Crippen molar-refractivity contribution in [3.63, 3.8) is 0 Å². The maximum atomic E-state index is 12.1. The molecular weight excluding hydrogens is 348 g/mol. The van der Waals surface area contributed by atoms with Crippen molar-refractivity contribution in [3.8, 4) is 17.5 Å². The third-order valence-corrected chi connectivity index (χ3v) is 4.04. The van der Waals surface area contributed by atoms with Crippen molar-refractivity contribution in [1.29, 1.82) is 5.26 Å². The van der Waals surface area contributed by atoms with Crippen molar-refractivity contribution in [2.45, 2.75) is 26.2 Å². The number of nitrogens with two attached hydrogens (primary N) is 1. The fraction of sp³-hybridized carbons (Fsp3) is 0.316. The highest BCUT2D eigenvalue weighted by atomic mass is 16.5. The largest absolute Gasteiger partial charge is 0.494 e. The van der Waals surface area contributed by atoms with E-state index >= 15 is 0 Å². The first-order chi connectivity index (χ1) is 13.0. The molecule has 2 aromatic rings. The zero-order chi connectivity index (χ0) is 20.0. The predicted molar refractivity (Wildman–Crippen MR) is 101 cm³/mol. The number of esters is 1. The third kappa shape index (κ3) is 4.20. The monoisotopic (exact) mass is 370 g/mol. The molecule has 0 radical (unpaired) electrons. The third-order valence-electron chi connectivity index (χ3n) is 4.04. The topological polar surface area (TPSA) is 119 Å². The summed E-state index contributed by atoms with van der Waals surface area (Å²) in [7, 11) is 2.72. The lowest BCUT2D eigenvalue weighted by Gasteiger charge is -2.14. The Morgan fingerprint density at radius 1 is 1.33 bits per heavy atom. The number of nitriles is 1. The van der Waals surface area contributed by atoms with Gasteiger partial charge in [-0.2, -0.15) is 5.26 Å². The number of benzene rings is 1. The molecule has 0 bridgehead atoms. The van der Waals surface area contributed by atoms with Gasteiger partial charge in [0.15, 0.2) is 5.69 Å². The summed E-state index contributed by atoms with van der Waals surface area (Å²) >= 11 is 0. The number of anilines is 2. The van der Waals surface area contributed by atoms with E-state index in [4.69, 9.17) is 15.2 Å². The van der Waals surface area contributed by atoms with Gasteiger partial charge >= 0.3 is 5.97 Å². The molecule has 0 atom stereocenters. The molecule has 27 heavy (non-hydrogen) atoms. The van der Waals surface area contributed by atoms with Gasteiger partial charge in [0, 0.05) is 24.4 Å². The summed E-state index contributed by atoms with van der Waals surface area (Å²) in [6, 6.07) is 6.94. The van der Waals surface area contributed by atoms with E-state index in [1.54, 1.807) is 18.2 Å². The van der Waals surface area contributed by atoms with Gasteiger partial charge in [-0.05, 0) is 18.6 Å². The van der Waals surface area contributed by atoms with Gasteiger partial charge in [-0.25, -0.2) is 4.79 Å². The SMILES string of the molecule is CCCCC(=O)Nc1ccc(-n2cc(C#N)c(N)c2C(=O)OC)cc1OC. The first-order valence-corrected chi connectivity index (χ1v) is 8.44. The average Bonchev–Trinajstić information content (AvgIpc) is 3.02. The quantitative estimate of drug-likeness (QED) is 0.723. The first kappa shape index (κ1) is 19.8. The molecule has 1 aromatic carbocycles. The van der Waals surface area contributed by atoms with Crippen LogP contribution in [0.2, 0.25) is 0 Å². The maximum absolute atomic E-state index is 12.1. The van der Waals surface area contributed by atoms with Crippen molar-refractivity contribution < 1.29 is 19.1 Å². The van der Waals surface area contributed by atoms with Crippen LogP contribution in [-0.2, 0) is 9.53 Å². The van der Waals surface area contributed by atoms with Gasteiger partial charge in [0.2, 0.25) is 5.91 Å². The number of rotatable bonds is 7. The number of unbranched alkanes of at least 4 members (excludes halogenated alkanes) is 1. The molecule has 1 heterocycles. The Morgan fingerprint density at radius 2 is 2.07 bits per heavy atom. The number of methoxy groups -OCH3 is 2. The van der Waals surface area contributed by atoms with E-state index in [1.807, 2.05) is 13.0 Å². The molecule has 2 rings (SSSR count). The Morgan fingerprint density at radius 3 is 2.67 bits per heavy atom. The van der Waals surface area contributed by atoms with E-state index in [1.165, 1.54) is 25.0 Å². The number of nitrogens with zero attached hydrogens (tertiary/aromatic N) is 2. The second-order valence-corrected chi connectivity index (χ2v) is 5.81. The highest BCUT2D eigenvalue weighted by molar-refractivity contribution is 5.96. The van der Waals surface area contributed by atoms with Crippen molar-refractivity contribution in [2.24, 2.45) is 0 Å². The summed E-state index contributed by atoms with van der Waals surface area (Å²) in [5.41, 5.74) is 7.21. The van der Waals surface area contributed by atoms with Gasteiger partial charge in [-0.1, -0.05) is 13.3 Å². The van der Waals surface area contributed by atoms with Crippen LogP contribution in [0.1, 0.15) is 42.2 Å². The molecule has 1 amide bonds. The molecular formula is C19H22N4O4. The fourth-order valence-corrected chi connectivity index (χ4v) is 2.60. The summed E-state index contributed by atoms with van der Waals surface area (Å²) in [6.45, 7) is 2.01. The van der Waals surface area contributed by atoms with Crippen molar-refractivity contribution in [3.05, 3.63) is 35.7 Å². The zero-order valence-corrected chi connectivity index (χ0v) is 15.5. The Balaban J connectivity index is 2.45. The summed E-state index contributed by atoms with van der Waals surface area (Å²) in [6.07, 6.45) is 3.60. The minimum absolute atomic E-state index is 0.0419. The lowest BCUT2D eigenvalue weighted by molar-refractivity contribution is -0.116. The number of nitrogens with one attached hydrogen (secondary N) is 1. The molecule has 142 valence electrons. The van der Waals surface area contributed by atoms with Crippen LogP contribution in [0.3, 0.4) is 0 Å². The molecule has 0 saturated heterocycles. The van der Waals surface area contributed by atoms with Gasteiger partial charge in [-0.3, -0.25) is 4.79 Å². The smallest absolute Gasteiger partial charge is 0.357 e. The Hall–Kier alpha value is -3.47. The van der Waals surface area contributed by atoms with Gasteiger partial charge in [0.05, 0.1) is 31.2 Å². The second kappa shape index (κ2) is 8.76. The molecule has 0 fully saturated rings. The average molecular weight is 370 g/mol. The van der Waals surface area contributed by atoms with Gasteiger partial charge in [0.1, 0.15) is 11.8 Å². The second-order valence-electron chi connectivity index (χ2n) is 5.81. The molecule has 0 aliphatic heterocycles. The molecule has 0 spiro atoms. The summed E-state index contributed by atoms with van der Waals surface area (Å²) in [5.74, 6) is -0.348. The summed E-state index contributed by atoms with van der Waals surface area (Å²) in [4.78, 5) is 24.1. The van der Waals surface area contributed by atoms with E-state index in [0.29, 0.717) is 23.5 Å². The number of carbonyl (C=O) groups is 2.